The molecule has 0 spiro atoms. The third-order valence-corrected chi connectivity index (χ3v) is 3.57. The molecule has 122 valence electrons. The van der Waals surface area contributed by atoms with Crippen LogP contribution in [-0.2, 0) is 4.74 Å². The fourth-order valence-electron chi connectivity index (χ4n) is 2.25. The number of hydrogen-bond donors (Lipinski definition) is 1. The normalized spacial score (nSPS) is 10.6. The molecule has 1 aromatic heterocycles. The second-order valence-electron chi connectivity index (χ2n) is 5.20. The van der Waals surface area contributed by atoms with Crippen LogP contribution in [0.4, 0.5) is 11.5 Å². The molecular weight excluding hydrogens is 326 g/mol. The Bertz CT molecular complexity index is 866. The lowest BCUT2D eigenvalue weighted by Crippen LogP contribution is -2.05. The van der Waals surface area contributed by atoms with Crippen LogP contribution < -0.4 is 5.32 Å². The molecule has 1 heterocycles. The second-order valence-corrected chi connectivity index (χ2v) is 5.53. The molecule has 0 bridgehead atoms. The van der Waals surface area contributed by atoms with Crippen LogP contribution in [0.5, 0.6) is 0 Å². The fourth-order valence-corrected chi connectivity index (χ4v) is 2.42. The van der Waals surface area contributed by atoms with Crippen molar-refractivity contribution in [2.75, 3.05) is 11.9 Å². The van der Waals surface area contributed by atoms with E-state index in [1.165, 1.54) is 0 Å². The van der Waals surface area contributed by atoms with Gasteiger partial charge in [0.05, 0.1) is 17.7 Å². The van der Waals surface area contributed by atoms with E-state index in [2.05, 4.69) is 15.3 Å². The van der Waals surface area contributed by atoms with Gasteiger partial charge in [-0.3, -0.25) is 0 Å². The van der Waals surface area contributed by atoms with Crippen LogP contribution >= 0.6 is 11.6 Å². The number of carbonyl (C=O) groups excluding carboxylic acids is 1. The molecule has 0 radical (unpaired) electrons. The largest absolute Gasteiger partial charge is 0.462 e. The summed E-state index contributed by atoms with van der Waals surface area (Å²) in [6.45, 7) is 2.38. The Hall–Kier alpha value is -2.66. The molecule has 0 fully saturated rings. The van der Waals surface area contributed by atoms with Crippen molar-refractivity contribution in [1.82, 2.24) is 9.97 Å². The number of ether oxygens (including phenoxy) is 1. The number of anilines is 2. The Labute approximate surface area is 144 Å². The van der Waals surface area contributed by atoms with Crippen LogP contribution in [0.2, 0.25) is 5.28 Å². The van der Waals surface area contributed by atoms with Gasteiger partial charge in [-0.2, -0.15) is 4.98 Å². The van der Waals surface area contributed by atoms with E-state index in [9.17, 15) is 4.79 Å². The van der Waals surface area contributed by atoms with Crippen LogP contribution in [0.15, 0.2) is 48.5 Å². The van der Waals surface area contributed by atoms with E-state index in [1.807, 2.05) is 31.2 Å². The number of hydrogen-bond acceptors (Lipinski definition) is 5. The number of nitrogens with one attached hydrogen (secondary N) is 1. The minimum atomic E-state index is -0.320. The summed E-state index contributed by atoms with van der Waals surface area (Å²) in [4.78, 5) is 20.3. The lowest BCUT2D eigenvalue weighted by atomic mass is 10.2. The standard InChI is InChI=1S/C18H16ClN3O2/c1-2-11-24-17(23)12-7-9-13(10-8-12)20-16-14-5-3-4-6-15(14)21-18(19)22-16/h3-10H,2,11H2,1H3,(H,20,21,22). The Morgan fingerprint density at radius 3 is 2.62 bits per heavy atom. The zero-order valence-corrected chi connectivity index (χ0v) is 13.9. The summed E-state index contributed by atoms with van der Waals surface area (Å²) in [5.74, 6) is 0.297. The average molecular weight is 342 g/mol. The molecule has 0 atom stereocenters. The Morgan fingerprint density at radius 1 is 1.12 bits per heavy atom. The van der Waals surface area contributed by atoms with E-state index in [4.69, 9.17) is 16.3 Å². The number of esters is 1. The number of halogens is 1. The first-order valence-electron chi connectivity index (χ1n) is 7.64. The molecule has 0 saturated heterocycles. The molecule has 24 heavy (non-hydrogen) atoms. The molecule has 0 saturated carbocycles. The Kier molecular flexibility index (Phi) is 4.91. The fraction of sp³-hybridized carbons (Fsp3) is 0.167. The summed E-state index contributed by atoms with van der Waals surface area (Å²) in [7, 11) is 0. The predicted molar refractivity (Wildman–Crippen MR) is 94.8 cm³/mol. The topological polar surface area (TPSA) is 64.1 Å². The van der Waals surface area contributed by atoms with Gasteiger partial charge < -0.3 is 10.1 Å². The van der Waals surface area contributed by atoms with Crippen molar-refractivity contribution >= 4 is 40.0 Å². The maximum absolute atomic E-state index is 11.8. The highest BCUT2D eigenvalue weighted by molar-refractivity contribution is 6.28. The number of rotatable bonds is 5. The molecule has 1 N–H and O–H groups in total. The van der Waals surface area contributed by atoms with Crippen molar-refractivity contribution in [3.05, 3.63) is 59.4 Å². The van der Waals surface area contributed by atoms with Gasteiger partial charge in [0.25, 0.3) is 0 Å². The number of aromatic nitrogens is 2. The second kappa shape index (κ2) is 7.27. The smallest absolute Gasteiger partial charge is 0.338 e. The predicted octanol–water partition coefficient (Wildman–Crippen LogP) is 4.59. The maximum Gasteiger partial charge on any atom is 0.338 e. The zero-order chi connectivity index (χ0) is 16.9. The minimum absolute atomic E-state index is 0.177. The van der Waals surface area contributed by atoms with Crippen LogP contribution in [0.1, 0.15) is 23.7 Å². The van der Waals surface area contributed by atoms with E-state index in [0.717, 1.165) is 23.0 Å². The molecule has 0 amide bonds. The maximum atomic E-state index is 11.8. The van der Waals surface area contributed by atoms with Gasteiger partial charge >= 0.3 is 5.97 Å². The van der Waals surface area contributed by atoms with Crippen LogP contribution in [0.25, 0.3) is 10.9 Å². The lowest BCUT2D eigenvalue weighted by molar-refractivity contribution is 0.0505. The van der Waals surface area contributed by atoms with Gasteiger partial charge in [0, 0.05) is 11.1 Å². The van der Waals surface area contributed by atoms with Gasteiger partial charge in [-0.25, -0.2) is 9.78 Å². The average Bonchev–Trinajstić information content (AvgIpc) is 2.60. The summed E-state index contributed by atoms with van der Waals surface area (Å²) in [6, 6.07) is 14.6. The highest BCUT2D eigenvalue weighted by atomic mass is 35.5. The number of fused-ring (bicyclic) bond motifs is 1. The van der Waals surface area contributed by atoms with Gasteiger partial charge in [-0.15, -0.1) is 0 Å². The molecular formula is C18H16ClN3O2. The van der Waals surface area contributed by atoms with Crippen molar-refractivity contribution in [1.29, 1.82) is 0 Å². The van der Waals surface area contributed by atoms with Crippen LogP contribution in [-0.4, -0.2) is 22.5 Å². The third-order valence-electron chi connectivity index (χ3n) is 3.40. The molecule has 3 rings (SSSR count). The molecule has 0 unspecified atom stereocenters. The van der Waals surface area contributed by atoms with E-state index in [-0.39, 0.29) is 11.3 Å². The SMILES string of the molecule is CCCOC(=O)c1ccc(Nc2nc(Cl)nc3ccccc23)cc1. The number of nitrogens with zero attached hydrogens (tertiary/aromatic N) is 2. The quantitative estimate of drug-likeness (QED) is 0.543. The van der Waals surface area contributed by atoms with E-state index < -0.39 is 0 Å². The summed E-state index contributed by atoms with van der Waals surface area (Å²) < 4.78 is 5.11. The van der Waals surface area contributed by atoms with Crippen molar-refractivity contribution in [2.24, 2.45) is 0 Å². The molecule has 6 heteroatoms. The van der Waals surface area contributed by atoms with Crippen molar-refractivity contribution in [3.8, 4) is 0 Å². The Balaban J connectivity index is 1.83. The van der Waals surface area contributed by atoms with Crippen LogP contribution in [0, 0.1) is 0 Å². The number of carbonyl (C=O) groups is 1. The zero-order valence-electron chi connectivity index (χ0n) is 13.1. The molecule has 0 aliphatic carbocycles. The molecule has 2 aromatic carbocycles. The van der Waals surface area contributed by atoms with Gasteiger partial charge in [0.1, 0.15) is 5.82 Å². The highest BCUT2D eigenvalue weighted by Gasteiger charge is 2.09. The van der Waals surface area contributed by atoms with Gasteiger partial charge in [-0.05, 0) is 54.4 Å². The third kappa shape index (κ3) is 3.63. The molecule has 5 nitrogen and oxygen atoms in total. The molecule has 0 aliphatic heterocycles. The first-order chi connectivity index (χ1) is 11.7. The first kappa shape index (κ1) is 16.2. The highest BCUT2D eigenvalue weighted by Crippen LogP contribution is 2.25. The van der Waals surface area contributed by atoms with Crippen molar-refractivity contribution < 1.29 is 9.53 Å². The van der Waals surface area contributed by atoms with E-state index in [1.54, 1.807) is 24.3 Å². The number of para-hydroxylation sites is 1. The van der Waals surface area contributed by atoms with Crippen LogP contribution in [0.3, 0.4) is 0 Å². The number of benzene rings is 2. The lowest BCUT2D eigenvalue weighted by Gasteiger charge is -2.09. The molecule has 0 aliphatic rings. The Morgan fingerprint density at radius 2 is 1.88 bits per heavy atom. The van der Waals surface area contributed by atoms with Crippen molar-refractivity contribution in [2.45, 2.75) is 13.3 Å². The summed E-state index contributed by atoms with van der Waals surface area (Å²) in [6.07, 6.45) is 0.799. The van der Waals surface area contributed by atoms with Crippen molar-refractivity contribution in [3.63, 3.8) is 0 Å². The minimum Gasteiger partial charge on any atom is -0.462 e. The van der Waals surface area contributed by atoms with E-state index in [0.29, 0.717) is 18.0 Å². The monoisotopic (exact) mass is 341 g/mol. The summed E-state index contributed by atoms with van der Waals surface area (Å²) >= 11 is 5.98. The summed E-state index contributed by atoms with van der Waals surface area (Å²) in [5, 5.41) is 4.26. The molecule has 3 aromatic rings. The first-order valence-corrected chi connectivity index (χ1v) is 8.01. The van der Waals surface area contributed by atoms with Gasteiger partial charge in [0.15, 0.2) is 0 Å². The van der Waals surface area contributed by atoms with Gasteiger partial charge in [-0.1, -0.05) is 19.1 Å². The summed E-state index contributed by atoms with van der Waals surface area (Å²) in [5.41, 5.74) is 2.07. The van der Waals surface area contributed by atoms with E-state index >= 15 is 0 Å². The van der Waals surface area contributed by atoms with Gasteiger partial charge in [0.2, 0.25) is 5.28 Å².